The molecule has 3 aromatic rings. The summed E-state index contributed by atoms with van der Waals surface area (Å²) in [6.45, 7) is 1.82. The van der Waals surface area contributed by atoms with Crippen molar-refractivity contribution in [3.63, 3.8) is 0 Å². The molecule has 2 heterocycles. The Kier molecular flexibility index (Phi) is 3.97. The van der Waals surface area contributed by atoms with Crippen LogP contribution in [0, 0.1) is 0 Å². The number of nitrogens with one attached hydrogen (secondary N) is 1. The molecule has 6 nitrogen and oxygen atoms in total. The normalized spacial score (nSPS) is 15.3. The quantitative estimate of drug-likeness (QED) is 0.747. The van der Waals surface area contributed by atoms with Gasteiger partial charge < -0.3 is 14.9 Å². The van der Waals surface area contributed by atoms with E-state index in [1.54, 1.807) is 6.92 Å². The number of nitrogens with zero attached hydrogens (tertiary/aromatic N) is 2. The fourth-order valence-electron chi connectivity index (χ4n) is 2.87. The van der Waals surface area contributed by atoms with Gasteiger partial charge in [-0.15, -0.1) is 0 Å². The van der Waals surface area contributed by atoms with Crippen molar-refractivity contribution < 1.29 is 14.4 Å². The number of aromatic nitrogens is 2. The number of fused-ring (bicyclic) bond motifs is 1. The summed E-state index contributed by atoms with van der Waals surface area (Å²) in [4.78, 5) is 17.3. The van der Waals surface area contributed by atoms with Crippen molar-refractivity contribution >= 4 is 17.0 Å². The Morgan fingerprint density at radius 3 is 2.80 bits per heavy atom. The molecule has 4 rings (SSSR count). The van der Waals surface area contributed by atoms with E-state index in [-0.39, 0.29) is 12.5 Å². The topological polar surface area (TPSA) is 88.2 Å². The fraction of sp³-hybridized carbons (Fsp3) is 0.316. The van der Waals surface area contributed by atoms with E-state index in [2.05, 4.69) is 15.5 Å². The molecule has 6 heteroatoms. The highest BCUT2D eigenvalue weighted by molar-refractivity contribution is 6.09. The lowest BCUT2D eigenvalue weighted by atomic mass is 10.0. The summed E-state index contributed by atoms with van der Waals surface area (Å²) in [7, 11) is 0. The SMILES string of the molecule is CC(O)CNC(=O)c1cc(C2CC2)nc2onc(-c3ccccc3)c12. The third kappa shape index (κ3) is 3.13. The maximum Gasteiger partial charge on any atom is 0.259 e. The average Bonchev–Trinajstić information content (AvgIpc) is 3.39. The van der Waals surface area contributed by atoms with E-state index in [9.17, 15) is 9.90 Å². The number of hydrogen-bond acceptors (Lipinski definition) is 5. The molecule has 1 aliphatic rings. The zero-order valence-electron chi connectivity index (χ0n) is 13.9. The van der Waals surface area contributed by atoms with Gasteiger partial charge in [0, 0.05) is 23.7 Å². The molecule has 2 aromatic heterocycles. The molecular formula is C19H19N3O3. The summed E-state index contributed by atoms with van der Waals surface area (Å²) in [5, 5.41) is 17.0. The lowest BCUT2D eigenvalue weighted by Gasteiger charge is -2.09. The predicted octanol–water partition coefficient (Wildman–Crippen LogP) is 2.88. The minimum absolute atomic E-state index is 0.188. The Hall–Kier alpha value is -2.73. The predicted molar refractivity (Wildman–Crippen MR) is 93.2 cm³/mol. The van der Waals surface area contributed by atoms with E-state index in [0.29, 0.717) is 28.3 Å². The number of hydrogen-bond donors (Lipinski definition) is 2. The Balaban J connectivity index is 1.84. The number of aliphatic hydroxyl groups is 1. The minimum atomic E-state index is -0.611. The molecule has 1 fully saturated rings. The molecule has 0 saturated heterocycles. The lowest BCUT2D eigenvalue weighted by molar-refractivity contribution is 0.0925. The van der Waals surface area contributed by atoms with Gasteiger partial charge in [0.2, 0.25) is 0 Å². The first-order valence-electron chi connectivity index (χ1n) is 8.45. The van der Waals surface area contributed by atoms with Crippen LogP contribution in [0.1, 0.15) is 41.7 Å². The summed E-state index contributed by atoms with van der Waals surface area (Å²) in [6.07, 6.45) is 1.54. The van der Waals surface area contributed by atoms with Gasteiger partial charge in [-0.3, -0.25) is 4.79 Å². The minimum Gasteiger partial charge on any atom is -0.392 e. The zero-order chi connectivity index (χ0) is 17.4. The van der Waals surface area contributed by atoms with E-state index in [4.69, 9.17) is 4.52 Å². The molecule has 1 saturated carbocycles. The van der Waals surface area contributed by atoms with Crippen LogP contribution in [-0.4, -0.2) is 33.8 Å². The first kappa shape index (κ1) is 15.8. The molecule has 1 aliphatic carbocycles. The largest absolute Gasteiger partial charge is 0.392 e. The number of aliphatic hydroxyl groups excluding tert-OH is 1. The third-order valence-corrected chi connectivity index (χ3v) is 4.31. The van der Waals surface area contributed by atoms with Crippen molar-refractivity contribution in [2.45, 2.75) is 31.8 Å². The first-order chi connectivity index (χ1) is 12.1. The van der Waals surface area contributed by atoms with Gasteiger partial charge in [0.05, 0.1) is 17.1 Å². The van der Waals surface area contributed by atoms with Gasteiger partial charge in [0.15, 0.2) is 0 Å². The molecule has 0 bridgehead atoms. The fourth-order valence-corrected chi connectivity index (χ4v) is 2.87. The van der Waals surface area contributed by atoms with Gasteiger partial charge in [-0.2, -0.15) is 0 Å². The molecule has 1 amide bonds. The van der Waals surface area contributed by atoms with Crippen molar-refractivity contribution in [1.29, 1.82) is 0 Å². The number of amides is 1. The molecular weight excluding hydrogens is 318 g/mol. The molecule has 0 radical (unpaired) electrons. The summed E-state index contributed by atoms with van der Waals surface area (Å²) in [5.74, 6) is 0.133. The first-order valence-corrected chi connectivity index (χ1v) is 8.45. The van der Waals surface area contributed by atoms with E-state index in [1.807, 2.05) is 36.4 Å². The second-order valence-electron chi connectivity index (χ2n) is 6.51. The second-order valence-corrected chi connectivity index (χ2v) is 6.51. The van der Waals surface area contributed by atoms with Crippen LogP contribution in [0.25, 0.3) is 22.4 Å². The van der Waals surface area contributed by atoms with Crippen LogP contribution < -0.4 is 5.32 Å². The second kappa shape index (κ2) is 6.29. The smallest absolute Gasteiger partial charge is 0.259 e. The Morgan fingerprint density at radius 2 is 2.12 bits per heavy atom. The maximum atomic E-state index is 12.7. The van der Waals surface area contributed by atoms with Gasteiger partial charge in [-0.25, -0.2) is 4.98 Å². The summed E-state index contributed by atoms with van der Waals surface area (Å²) in [6, 6.07) is 11.4. The Bertz CT molecular complexity index is 914. The Labute approximate surface area is 144 Å². The van der Waals surface area contributed by atoms with Gasteiger partial charge in [0.25, 0.3) is 11.6 Å². The number of pyridine rings is 1. The van der Waals surface area contributed by atoms with E-state index >= 15 is 0 Å². The summed E-state index contributed by atoms with van der Waals surface area (Å²) < 4.78 is 5.45. The van der Waals surface area contributed by atoms with Crippen LogP contribution in [0.15, 0.2) is 40.9 Å². The highest BCUT2D eigenvalue weighted by atomic mass is 16.5. The average molecular weight is 337 g/mol. The molecule has 0 aliphatic heterocycles. The van der Waals surface area contributed by atoms with Crippen molar-refractivity contribution in [3.05, 3.63) is 47.7 Å². The maximum absolute atomic E-state index is 12.7. The van der Waals surface area contributed by atoms with Crippen molar-refractivity contribution in [1.82, 2.24) is 15.5 Å². The Morgan fingerprint density at radius 1 is 1.36 bits per heavy atom. The standard InChI is InChI=1S/C19H19N3O3/c1-11(23)10-20-18(24)14-9-15(12-7-8-12)21-19-16(14)17(22-25-19)13-5-3-2-4-6-13/h2-6,9,11-12,23H,7-8,10H2,1H3,(H,20,24). The van der Waals surface area contributed by atoms with E-state index in [0.717, 1.165) is 24.1 Å². The summed E-state index contributed by atoms with van der Waals surface area (Å²) in [5.41, 5.74) is 3.21. The van der Waals surface area contributed by atoms with Crippen molar-refractivity contribution in [2.75, 3.05) is 6.54 Å². The van der Waals surface area contributed by atoms with Crippen molar-refractivity contribution in [3.8, 4) is 11.3 Å². The molecule has 2 N–H and O–H groups in total. The third-order valence-electron chi connectivity index (χ3n) is 4.31. The number of rotatable bonds is 5. The molecule has 128 valence electrons. The van der Waals surface area contributed by atoms with Crippen LogP contribution in [-0.2, 0) is 0 Å². The number of carbonyl (C=O) groups is 1. The van der Waals surface area contributed by atoms with Gasteiger partial charge in [-0.1, -0.05) is 35.5 Å². The van der Waals surface area contributed by atoms with E-state index < -0.39 is 6.10 Å². The lowest BCUT2D eigenvalue weighted by Crippen LogP contribution is -2.30. The van der Waals surface area contributed by atoms with Crippen LogP contribution in [0.3, 0.4) is 0 Å². The highest BCUT2D eigenvalue weighted by Crippen LogP contribution is 2.41. The van der Waals surface area contributed by atoms with Crippen LogP contribution in [0.5, 0.6) is 0 Å². The molecule has 1 unspecified atom stereocenters. The van der Waals surface area contributed by atoms with Crippen LogP contribution in [0.4, 0.5) is 0 Å². The van der Waals surface area contributed by atoms with Gasteiger partial charge in [-0.05, 0) is 25.8 Å². The molecule has 0 spiro atoms. The van der Waals surface area contributed by atoms with Crippen LogP contribution in [0.2, 0.25) is 0 Å². The molecule has 1 aromatic carbocycles. The van der Waals surface area contributed by atoms with Crippen LogP contribution >= 0.6 is 0 Å². The van der Waals surface area contributed by atoms with Crippen molar-refractivity contribution in [2.24, 2.45) is 0 Å². The zero-order valence-corrected chi connectivity index (χ0v) is 13.9. The summed E-state index contributed by atoms with van der Waals surface area (Å²) >= 11 is 0. The van der Waals surface area contributed by atoms with Gasteiger partial charge >= 0.3 is 0 Å². The number of benzene rings is 1. The van der Waals surface area contributed by atoms with E-state index in [1.165, 1.54) is 0 Å². The molecule has 25 heavy (non-hydrogen) atoms. The molecule has 1 atom stereocenters. The number of carbonyl (C=O) groups excluding carboxylic acids is 1. The van der Waals surface area contributed by atoms with Gasteiger partial charge in [0.1, 0.15) is 5.69 Å². The monoisotopic (exact) mass is 337 g/mol. The highest BCUT2D eigenvalue weighted by Gasteiger charge is 2.29.